The molecule has 0 unspecified atom stereocenters. The van der Waals surface area contributed by atoms with Gasteiger partial charge in [0.15, 0.2) is 0 Å². The first-order chi connectivity index (χ1) is 17.2. The van der Waals surface area contributed by atoms with Crippen molar-refractivity contribution in [2.45, 2.75) is 0 Å². The number of fused-ring (bicyclic) bond motifs is 6. The third-order valence-corrected chi connectivity index (χ3v) is 6.97. The summed E-state index contributed by atoms with van der Waals surface area (Å²) in [6.07, 6.45) is 10.8. The zero-order valence-corrected chi connectivity index (χ0v) is 20.0. The van der Waals surface area contributed by atoms with Crippen molar-refractivity contribution >= 4 is 39.1 Å². The highest BCUT2D eigenvalue weighted by molar-refractivity contribution is 6.06. The molecule has 0 saturated heterocycles. The van der Waals surface area contributed by atoms with E-state index in [1.54, 1.807) is 0 Å². The van der Waals surface area contributed by atoms with Crippen LogP contribution in [0.2, 0.25) is 0 Å². The van der Waals surface area contributed by atoms with Crippen LogP contribution < -0.4 is 9.47 Å². The molecule has 5 aromatic rings. The Morgan fingerprint density at radius 3 is 2.06 bits per heavy atom. The molecular weight excluding hydrogens is 424 g/mol. The van der Waals surface area contributed by atoms with E-state index >= 15 is 0 Å². The van der Waals surface area contributed by atoms with Gasteiger partial charge in [-0.2, -0.15) is 4.57 Å². The van der Waals surface area contributed by atoms with E-state index in [1.807, 2.05) is 0 Å². The lowest BCUT2D eigenvalue weighted by atomic mass is 9.91. The molecule has 168 valence electrons. The average Bonchev–Trinajstić information content (AvgIpc) is 2.92. The van der Waals surface area contributed by atoms with E-state index in [0.29, 0.717) is 0 Å². The van der Waals surface area contributed by atoms with Gasteiger partial charge in [-0.15, -0.1) is 0 Å². The van der Waals surface area contributed by atoms with Crippen LogP contribution in [0.25, 0.3) is 44.6 Å². The summed E-state index contributed by atoms with van der Waals surface area (Å²) in [5.41, 5.74) is 8.69. The van der Waals surface area contributed by atoms with Crippen LogP contribution in [-0.4, -0.2) is 7.05 Å². The van der Waals surface area contributed by atoms with Crippen molar-refractivity contribution in [2.75, 3.05) is 11.9 Å². The normalized spacial score (nSPS) is 14.3. The Balaban J connectivity index is 1.37. The molecule has 0 spiro atoms. The maximum absolute atomic E-state index is 2.28. The monoisotopic (exact) mass is 451 g/mol. The number of para-hydroxylation sites is 2. The molecule has 0 radical (unpaired) electrons. The van der Waals surface area contributed by atoms with Crippen molar-refractivity contribution in [3.05, 3.63) is 133 Å². The number of hydrogen-bond acceptors (Lipinski definition) is 1. The number of aromatic nitrogens is 1. The van der Waals surface area contributed by atoms with Gasteiger partial charge in [-0.3, -0.25) is 0 Å². The van der Waals surface area contributed by atoms with Gasteiger partial charge in [0, 0.05) is 47.1 Å². The first-order valence-electron chi connectivity index (χ1n) is 12.0. The summed E-state index contributed by atoms with van der Waals surface area (Å²) >= 11 is 0. The van der Waals surface area contributed by atoms with Crippen molar-refractivity contribution in [1.82, 2.24) is 0 Å². The predicted octanol–water partition coefficient (Wildman–Crippen LogP) is 7.54. The van der Waals surface area contributed by atoms with Crippen LogP contribution in [-0.2, 0) is 7.05 Å². The van der Waals surface area contributed by atoms with E-state index in [9.17, 15) is 0 Å². The molecular formula is C33H27N2+. The van der Waals surface area contributed by atoms with E-state index in [1.165, 1.54) is 55.4 Å². The van der Waals surface area contributed by atoms with Crippen LogP contribution in [0.1, 0.15) is 11.3 Å². The van der Waals surface area contributed by atoms with Crippen LogP contribution in [0.15, 0.2) is 121 Å². The standard InChI is InChI=1S/C33H27N2/c1-34-30(26-16-8-6-14-24(26)28-18-10-12-22-32(28)34)20-4-3-5-21-31-27-17-9-7-15-25(27)29-19-11-13-23-33(29)35(31)2/h3-23H,1-2H3/q+1. The lowest BCUT2D eigenvalue weighted by Crippen LogP contribution is -2.33. The van der Waals surface area contributed by atoms with Gasteiger partial charge >= 0.3 is 0 Å². The van der Waals surface area contributed by atoms with E-state index < -0.39 is 0 Å². The van der Waals surface area contributed by atoms with E-state index in [4.69, 9.17) is 0 Å². The number of hydrogen-bond donors (Lipinski definition) is 0. The summed E-state index contributed by atoms with van der Waals surface area (Å²) < 4.78 is 2.28. The average molecular weight is 452 g/mol. The fraction of sp³-hybridized carbons (Fsp3) is 0.0606. The molecule has 0 aliphatic carbocycles. The molecule has 1 aromatic heterocycles. The number of pyridine rings is 1. The van der Waals surface area contributed by atoms with Gasteiger partial charge in [0.1, 0.15) is 7.05 Å². The molecule has 2 heteroatoms. The Labute approximate surface area is 206 Å². The molecule has 0 saturated carbocycles. The number of rotatable bonds is 3. The first-order valence-corrected chi connectivity index (χ1v) is 12.0. The van der Waals surface area contributed by atoms with Crippen molar-refractivity contribution in [3.8, 4) is 11.1 Å². The van der Waals surface area contributed by atoms with Crippen LogP contribution in [0, 0.1) is 0 Å². The van der Waals surface area contributed by atoms with Crippen LogP contribution in [0.4, 0.5) is 5.69 Å². The molecule has 1 aliphatic heterocycles. The molecule has 35 heavy (non-hydrogen) atoms. The second kappa shape index (κ2) is 8.73. The summed E-state index contributed by atoms with van der Waals surface area (Å²) in [4.78, 5) is 2.28. The molecule has 6 rings (SSSR count). The number of benzene rings is 4. The quantitative estimate of drug-likeness (QED) is 0.156. The maximum atomic E-state index is 2.28. The molecule has 2 nitrogen and oxygen atoms in total. The van der Waals surface area contributed by atoms with Gasteiger partial charge in [-0.05, 0) is 29.8 Å². The van der Waals surface area contributed by atoms with Gasteiger partial charge < -0.3 is 4.90 Å². The number of aryl methyl sites for hydroxylation is 1. The lowest BCUT2D eigenvalue weighted by molar-refractivity contribution is -0.645. The Bertz CT molecular complexity index is 1670. The highest BCUT2D eigenvalue weighted by Gasteiger charge is 2.22. The maximum Gasteiger partial charge on any atom is 0.213 e. The van der Waals surface area contributed by atoms with E-state index in [2.05, 4.69) is 151 Å². The van der Waals surface area contributed by atoms with Gasteiger partial charge in [0.25, 0.3) is 0 Å². The highest BCUT2D eigenvalue weighted by Crippen LogP contribution is 2.43. The summed E-state index contributed by atoms with van der Waals surface area (Å²) in [7, 11) is 4.29. The van der Waals surface area contributed by atoms with Gasteiger partial charge in [0.05, 0.1) is 10.8 Å². The Hall–Kier alpha value is -4.43. The topological polar surface area (TPSA) is 7.12 Å². The van der Waals surface area contributed by atoms with Gasteiger partial charge in [0.2, 0.25) is 11.2 Å². The summed E-state index contributed by atoms with van der Waals surface area (Å²) in [6.45, 7) is 0. The zero-order valence-electron chi connectivity index (χ0n) is 20.0. The van der Waals surface area contributed by atoms with Gasteiger partial charge in [-0.25, -0.2) is 0 Å². The molecule has 4 aromatic carbocycles. The minimum atomic E-state index is 1.20. The highest BCUT2D eigenvalue weighted by atomic mass is 15.1. The fourth-order valence-corrected chi connectivity index (χ4v) is 5.25. The molecule has 0 bridgehead atoms. The number of allylic oxidation sites excluding steroid dienone is 4. The second-order valence-electron chi connectivity index (χ2n) is 8.92. The van der Waals surface area contributed by atoms with Crippen LogP contribution in [0.3, 0.4) is 0 Å². The Kier molecular flexibility index (Phi) is 5.27. The van der Waals surface area contributed by atoms with Crippen LogP contribution >= 0.6 is 0 Å². The van der Waals surface area contributed by atoms with Crippen molar-refractivity contribution in [3.63, 3.8) is 0 Å². The number of anilines is 1. The first kappa shape index (κ1) is 21.1. The van der Waals surface area contributed by atoms with Gasteiger partial charge in [-0.1, -0.05) is 91.0 Å². The minimum absolute atomic E-state index is 1.20. The molecule has 0 atom stereocenters. The van der Waals surface area contributed by atoms with Crippen molar-refractivity contribution in [2.24, 2.45) is 7.05 Å². The van der Waals surface area contributed by atoms with E-state index in [-0.39, 0.29) is 0 Å². The molecule has 0 amide bonds. The second-order valence-corrected chi connectivity index (χ2v) is 8.92. The summed E-state index contributed by atoms with van der Waals surface area (Å²) in [5, 5.41) is 3.82. The minimum Gasteiger partial charge on any atom is -0.344 e. The molecule has 0 N–H and O–H groups in total. The largest absolute Gasteiger partial charge is 0.344 e. The molecule has 1 aliphatic rings. The molecule has 0 fully saturated rings. The Morgan fingerprint density at radius 2 is 1.23 bits per heavy atom. The third kappa shape index (κ3) is 3.55. The SMILES string of the molecule is CN1/C(=C/C=C/C=C/c2c3ccccc3c3ccccc3[n+]2C)c2ccccc2-c2ccccc21. The fourth-order valence-electron chi connectivity index (χ4n) is 5.25. The van der Waals surface area contributed by atoms with Crippen molar-refractivity contribution in [1.29, 1.82) is 0 Å². The third-order valence-electron chi connectivity index (χ3n) is 6.97. The summed E-state index contributed by atoms with van der Waals surface area (Å²) in [5.74, 6) is 0. The van der Waals surface area contributed by atoms with Crippen LogP contribution in [0.5, 0.6) is 0 Å². The lowest BCUT2D eigenvalue weighted by Gasteiger charge is -2.32. The smallest absolute Gasteiger partial charge is 0.213 e. The Morgan fingerprint density at radius 1 is 0.600 bits per heavy atom. The number of nitrogens with zero attached hydrogens (tertiary/aromatic N) is 2. The summed E-state index contributed by atoms with van der Waals surface area (Å²) in [6, 6.07) is 34.5. The molecule has 2 heterocycles. The zero-order chi connectivity index (χ0) is 23.8. The predicted molar refractivity (Wildman–Crippen MR) is 149 cm³/mol. The van der Waals surface area contributed by atoms with E-state index in [0.717, 1.165) is 0 Å². The van der Waals surface area contributed by atoms with Crippen molar-refractivity contribution < 1.29 is 4.57 Å².